The number of carbonyl (C=O) groups excluding carboxylic acids is 1. The lowest BCUT2D eigenvalue weighted by Gasteiger charge is -1.99. The first kappa shape index (κ1) is 15.0. The van der Waals surface area contributed by atoms with E-state index in [2.05, 4.69) is 52.1 Å². The van der Waals surface area contributed by atoms with Crippen LogP contribution < -0.4 is 5.32 Å². The maximum Gasteiger partial charge on any atom is 0.268 e. The summed E-state index contributed by atoms with van der Waals surface area (Å²) in [5.74, 6) is 0.475. The highest BCUT2D eigenvalue weighted by Gasteiger charge is 2.09. The number of imidazole rings is 1. The van der Waals surface area contributed by atoms with E-state index in [0.29, 0.717) is 18.0 Å². The molecule has 6 nitrogen and oxygen atoms in total. The number of rotatable bonds is 4. The largest absolute Gasteiger partial charge is 0.347 e. The molecule has 0 aromatic carbocycles. The molecular formula is C14H11Br2N5O. The lowest BCUT2D eigenvalue weighted by atomic mass is 10.3. The monoisotopic (exact) mass is 423 g/mol. The van der Waals surface area contributed by atoms with E-state index < -0.39 is 0 Å². The number of hydrogen-bond acceptors (Lipinski definition) is 3. The smallest absolute Gasteiger partial charge is 0.268 e. The molecule has 1 amide bonds. The molecule has 0 radical (unpaired) electrons. The van der Waals surface area contributed by atoms with Crippen molar-refractivity contribution in [1.29, 1.82) is 0 Å². The molecule has 3 rings (SSSR count). The third-order valence-electron chi connectivity index (χ3n) is 2.96. The minimum absolute atomic E-state index is 0.171. The van der Waals surface area contributed by atoms with Crippen LogP contribution in [0.1, 0.15) is 16.2 Å². The van der Waals surface area contributed by atoms with Gasteiger partial charge in [0, 0.05) is 18.9 Å². The number of aromatic nitrogens is 4. The van der Waals surface area contributed by atoms with E-state index in [1.807, 2.05) is 28.8 Å². The molecule has 3 aromatic rings. The SMILES string of the molecule is O=C(NC/C=C/c1cnc2ncccn12)c1cc(Br)c(Br)[nH]1. The standard InChI is InChI=1S/C14H11Br2N5O/c15-10-7-11(20-12(10)16)13(22)17-4-1-3-9-8-19-14-18-5-2-6-21(9)14/h1-3,5-8,20H,4H2,(H,17,22)/b3-1+. The predicted octanol–water partition coefficient (Wildman–Crippen LogP) is 3.03. The first-order valence-electron chi connectivity index (χ1n) is 6.42. The molecule has 0 atom stereocenters. The molecule has 0 saturated heterocycles. The fourth-order valence-electron chi connectivity index (χ4n) is 1.92. The number of halogens is 2. The van der Waals surface area contributed by atoms with Crippen molar-refractivity contribution < 1.29 is 4.79 Å². The summed E-state index contributed by atoms with van der Waals surface area (Å²) in [5.41, 5.74) is 1.40. The Kier molecular flexibility index (Phi) is 4.39. The number of H-pyrrole nitrogens is 1. The van der Waals surface area contributed by atoms with Crippen molar-refractivity contribution >= 4 is 49.6 Å². The van der Waals surface area contributed by atoms with Gasteiger partial charge in [0.15, 0.2) is 0 Å². The number of nitrogens with one attached hydrogen (secondary N) is 2. The Morgan fingerprint density at radius 1 is 1.41 bits per heavy atom. The third kappa shape index (κ3) is 3.12. The Morgan fingerprint density at radius 2 is 2.27 bits per heavy atom. The van der Waals surface area contributed by atoms with Crippen molar-refractivity contribution in [2.24, 2.45) is 0 Å². The van der Waals surface area contributed by atoms with Crippen LogP contribution in [0.15, 0.2) is 45.9 Å². The molecule has 22 heavy (non-hydrogen) atoms. The predicted molar refractivity (Wildman–Crippen MR) is 90.5 cm³/mol. The van der Waals surface area contributed by atoms with E-state index in [9.17, 15) is 4.79 Å². The zero-order valence-corrected chi connectivity index (χ0v) is 14.4. The van der Waals surface area contributed by atoms with Crippen molar-refractivity contribution in [2.75, 3.05) is 6.54 Å². The van der Waals surface area contributed by atoms with E-state index in [1.54, 1.807) is 18.5 Å². The molecule has 0 unspecified atom stereocenters. The van der Waals surface area contributed by atoms with E-state index in [-0.39, 0.29) is 5.91 Å². The van der Waals surface area contributed by atoms with Crippen LogP contribution in [0.2, 0.25) is 0 Å². The molecule has 112 valence electrons. The molecule has 8 heteroatoms. The van der Waals surface area contributed by atoms with Gasteiger partial charge in [-0.15, -0.1) is 0 Å². The Bertz CT molecular complexity index is 832. The fraction of sp³-hybridized carbons (Fsp3) is 0.0714. The highest BCUT2D eigenvalue weighted by molar-refractivity contribution is 9.13. The number of amides is 1. The van der Waals surface area contributed by atoms with Crippen molar-refractivity contribution in [3.05, 3.63) is 57.3 Å². The summed E-state index contributed by atoms with van der Waals surface area (Å²) in [6.07, 6.45) is 9.08. The number of hydrogen-bond donors (Lipinski definition) is 2. The van der Waals surface area contributed by atoms with Crippen LogP contribution in [0.4, 0.5) is 0 Å². The third-order valence-corrected chi connectivity index (χ3v) is 4.74. The Morgan fingerprint density at radius 3 is 3.05 bits per heavy atom. The van der Waals surface area contributed by atoms with Gasteiger partial charge < -0.3 is 10.3 Å². The fourth-order valence-corrected chi connectivity index (χ4v) is 2.58. The summed E-state index contributed by atoms with van der Waals surface area (Å²) in [5, 5.41) is 2.81. The number of fused-ring (bicyclic) bond motifs is 1. The van der Waals surface area contributed by atoms with Gasteiger partial charge in [-0.1, -0.05) is 6.08 Å². The lowest BCUT2D eigenvalue weighted by molar-refractivity contribution is 0.0953. The summed E-state index contributed by atoms with van der Waals surface area (Å²) in [6.45, 7) is 0.417. The second-order valence-electron chi connectivity index (χ2n) is 4.43. The molecule has 0 fully saturated rings. The van der Waals surface area contributed by atoms with Gasteiger partial charge in [-0.2, -0.15) is 0 Å². The molecule has 3 heterocycles. The first-order chi connectivity index (χ1) is 10.6. The Labute approximate surface area is 142 Å². The van der Waals surface area contributed by atoms with E-state index >= 15 is 0 Å². The minimum Gasteiger partial charge on any atom is -0.347 e. The zero-order chi connectivity index (χ0) is 15.5. The molecular weight excluding hydrogens is 414 g/mol. The van der Waals surface area contributed by atoms with Crippen LogP contribution in [-0.4, -0.2) is 31.8 Å². The van der Waals surface area contributed by atoms with Crippen LogP contribution in [0.25, 0.3) is 11.9 Å². The highest BCUT2D eigenvalue weighted by Crippen LogP contribution is 2.22. The molecule has 0 aliphatic carbocycles. The topological polar surface area (TPSA) is 75.1 Å². The second kappa shape index (κ2) is 6.45. The summed E-state index contributed by atoms with van der Waals surface area (Å²) in [6, 6.07) is 3.56. The Balaban J connectivity index is 1.62. The molecule has 0 saturated carbocycles. The molecule has 0 spiro atoms. The summed E-state index contributed by atoms with van der Waals surface area (Å²) < 4.78 is 3.43. The summed E-state index contributed by atoms with van der Waals surface area (Å²) >= 11 is 6.63. The van der Waals surface area contributed by atoms with Crippen molar-refractivity contribution in [2.45, 2.75) is 0 Å². The van der Waals surface area contributed by atoms with Crippen LogP contribution in [-0.2, 0) is 0 Å². The average molecular weight is 425 g/mol. The van der Waals surface area contributed by atoms with Crippen LogP contribution in [0.3, 0.4) is 0 Å². The van der Waals surface area contributed by atoms with Gasteiger partial charge in [0.05, 0.1) is 21.0 Å². The van der Waals surface area contributed by atoms with Crippen LogP contribution >= 0.6 is 31.9 Å². The highest BCUT2D eigenvalue weighted by atomic mass is 79.9. The van der Waals surface area contributed by atoms with Gasteiger partial charge in [0.1, 0.15) is 5.69 Å². The van der Waals surface area contributed by atoms with Gasteiger partial charge in [0.25, 0.3) is 5.91 Å². The van der Waals surface area contributed by atoms with Gasteiger partial charge in [0.2, 0.25) is 5.78 Å². The van der Waals surface area contributed by atoms with Gasteiger partial charge in [-0.25, -0.2) is 9.97 Å². The van der Waals surface area contributed by atoms with Crippen LogP contribution in [0.5, 0.6) is 0 Å². The molecule has 0 bridgehead atoms. The van der Waals surface area contributed by atoms with Crippen LogP contribution in [0, 0.1) is 0 Å². The summed E-state index contributed by atoms with van der Waals surface area (Å²) in [4.78, 5) is 23.2. The number of carbonyl (C=O) groups is 1. The number of nitrogens with zero attached hydrogens (tertiary/aromatic N) is 3. The van der Waals surface area contributed by atoms with Gasteiger partial charge in [-0.05, 0) is 50.1 Å². The maximum absolute atomic E-state index is 11.9. The van der Waals surface area contributed by atoms with E-state index in [4.69, 9.17) is 0 Å². The second-order valence-corrected chi connectivity index (χ2v) is 6.08. The quantitative estimate of drug-likeness (QED) is 0.675. The van der Waals surface area contributed by atoms with Crippen molar-refractivity contribution in [3.63, 3.8) is 0 Å². The number of aromatic amines is 1. The minimum atomic E-state index is -0.171. The molecule has 2 N–H and O–H groups in total. The van der Waals surface area contributed by atoms with E-state index in [0.717, 1.165) is 14.8 Å². The van der Waals surface area contributed by atoms with Crippen molar-refractivity contribution in [3.8, 4) is 0 Å². The van der Waals surface area contributed by atoms with Crippen molar-refractivity contribution in [1.82, 2.24) is 24.7 Å². The Hall–Kier alpha value is -1.93. The van der Waals surface area contributed by atoms with Gasteiger partial charge >= 0.3 is 0 Å². The average Bonchev–Trinajstić information content (AvgIpc) is 3.08. The lowest BCUT2D eigenvalue weighted by Crippen LogP contribution is -2.23. The molecule has 0 aliphatic heterocycles. The normalized spacial score (nSPS) is 11.4. The van der Waals surface area contributed by atoms with E-state index in [1.165, 1.54) is 0 Å². The molecule has 3 aromatic heterocycles. The maximum atomic E-state index is 11.9. The zero-order valence-electron chi connectivity index (χ0n) is 11.3. The first-order valence-corrected chi connectivity index (χ1v) is 8.00. The molecule has 0 aliphatic rings. The van der Waals surface area contributed by atoms with Gasteiger partial charge in [-0.3, -0.25) is 9.20 Å². The summed E-state index contributed by atoms with van der Waals surface area (Å²) in [7, 11) is 0.